The molecule has 0 radical (unpaired) electrons. The van der Waals surface area contributed by atoms with Crippen LogP contribution in [0.3, 0.4) is 0 Å². The fourth-order valence-electron chi connectivity index (χ4n) is 4.50. The number of amides is 1. The van der Waals surface area contributed by atoms with Gasteiger partial charge in [0.1, 0.15) is 5.52 Å². The Labute approximate surface area is 218 Å². The molecule has 14 heteroatoms. The molecule has 1 aromatic carbocycles. The summed E-state index contributed by atoms with van der Waals surface area (Å²) in [6, 6.07) is 8.36. The van der Waals surface area contributed by atoms with Crippen LogP contribution < -0.4 is 10.5 Å². The van der Waals surface area contributed by atoms with Crippen molar-refractivity contribution < 1.29 is 22.4 Å². The third-order valence-corrected chi connectivity index (χ3v) is 6.66. The lowest BCUT2D eigenvalue weighted by Crippen LogP contribution is -2.49. The molecule has 0 atom stereocenters. The summed E-state index contributed by atoms with van der Waals surface area (Å²) in [5, 5.41) is 8.63. The Morgan fingerprint density at radius 3 is 2.51 bits per heavy atom. The maximum absolute atomic E-state index is 13.3. The maximum Gasteiger partial charge on any atom is 0.416 e. The number of nitrogens with zero attached hydrogens (tertiary/aromatic N) is 7. The molecule has 11 nitrogen and oxygen atoms in total. The highest BCUT2D eigenvalue weighted by molar-refractivity contribution is 5.95. The number of aromatic nitrogens is 6. The van der Waals surface area contributed by atoms with E-state index in [4.69, 9.17) is 4.42 Å². The average Bonchev–Trinajstić information content (AvgIpc) is 3.68. The van der Waals surface area contributed by atoms with E-state index in [0.29, 0.717) is 60.3 Å². The normalized spacial score (nSPS) is 14.4. The zero-order chi connectivity index (χ0) is 27.3. The molecule has 200 valence electrons. The SMILES string of the molecule is Cc1c(C(=O)N2CCN(c3ncc(-c4ccc(C(F)(F)F)cc4)o3)CC2)cnn1-c1nn2cccc2c(=O)[nH]1. The summed E-state index contributed by atoms with van der Waals surface area (Å²) in [6.45, 7) is 3.42. The molecular formula is C25H21F3N8O3. The molecule has 5 aromatic rings. The molecule has 1 N–H and O–H groups in total. The van der Waals surface area contributed by atoms with Crippen molar-refractivity contribution in [2.45, 2.75) is 13.1 Å². The Bertz CT molecular complexity index is 1720. The lowest BCUT2D eigenvalue weighted by atomic mass is 10.1. The first-order valence-corrected chi connectivity index (χ1v) is 12.0. The molecule has 0 unspecified atom stereocenters. The van der Waals surface area contributed by atoms with Gasteiger partial charge in [-0.3, -0.25) is 14.6 Å². The number of rotatable bonds is 4. The van der Waals surface area contributed by atoms with Gasteiger partial charge in [-0.2, -0.15) is 18.3 Å². The van der Waals surface area contributed by atoms with Crippen LogP contribution in [0.1, 0.15) is 21.6 Å². The lowest BCUT2D eigenvalue weighted by Gasteiger charge is -2.33. The van der Waals surface area contributed by atoms with E-state index >= 15 is 0 Å². The highest BCUT2D eigenvalue weighted by Gasteiger charge is 2.30. The Morgan fingerprint density at radius 2 is 1.79 bits per heavy atom. The topological polar surface area (TPSA) is 118 Å². The van der Waals surface area contributed by atoms with Crippen LogP contribution in [0.15, 0.2) is 64.2 Å². The molecule has 1 fully saturated rings. The zero-order valence-electron chi connectivity index (χ0n) is 20.5. The van der Waals surface area contributed by atoms with E-state index in [1.165, 1.54) is 33.7 Å². The number of hydrogen-bond donors (Lipinski definition) is 1. The highest BCUT2D eigenvalue weighted by Crippen LogP contribution is 2.32. The molecular weight excluding hydrogens is 517 g/mol. The van der Waals surface area contributed by atoms with Crippen molar-refractivity contribution in [2.75, 3.05) is 31.1 Å². The fraction of sp³-hybridized carbons (Fsp3) is 0.240. The van der Waals surface area contributed by atoms with Crippen LogP contribution in [0.2, 0.25) is 0 Å². The van der Waals surface area contributed by atoms with Gasteiger partial charge in [-0.15, -0.1) is 5.10 Å². The number of benzene rings is 1. The van der Waals surface area contributed by atoms with Gasteiger partial charge < -0.3 is 14.2 Å². The lowest BCUT2D eigenvalue weighted by molar-refractivity contribution is -0.137. The molecule has 6 rings (SSSR count). The molecule has 1 amide bonds. The fourth-order valence-corrected chi connectivity index (χ4v) is 4.50. The summed E-state index contributed by atoms with van der Waals surface area (Å²) in [4.78, 5) is 36.1. The number of halogens is 3. The number of H-pyrrole nitrogens is 1. The third kappa shape index (κ3) is 4.43. The van der Waals surface area contributed by atoms with E-state index in [-0.39, 0.29) is 17.4 Å². The number of piperazine rings is 1. The van der Waals surface area contributed by atoms with Gasteiger partial charge in [-0.25, -0.2) is 14.2 Å². The molecule has 0 saturated carbocycles. The van der Waals surface area contributed by atoms with Crippen LogP contribution in [-0.4, -0.2) is 66.3 Å². The standard InChI is InChI=1S/C25H21F3N8O3/c1-15-18(13-30-36(15)23-31-21(37)19-3-2-8-35(19)32-23)22(38)33-9-11-34(12-10-33)24-29-14-20(39-24)16-4-6-17(7-5-16)25(26,27)28/h2-8,13-14H,9-12H2,1H3,(H,31,32,37). The second-order valence-electron chi connectivity index (χ2n) is 9.03. The summed E-state index contributed by atoms with van der Waals surface area (Å²) < 4.78 is 47.2. The quantitative estimate of drug-likeness (QED) is 0.374. The monoisotopic (exact) mass is 538 g/mol. The first-order valence-electron chi connectivity index (χ1n) is 12.0. The second kappa shape index (κ2) is 9.15. The number of hydrogen-bond acceptors (Lipinski definition) is 7. The van der Waals surface area contributed by atoms with Gasteiger partial charge in [0.15, 0.2) is 5.76 Å². The van der Waals surface area contributed by atoms with E-state index in [1.54, 1.807) is 30.2 Å². The molecule has 1 aliphatic heterocycles. The van der Waals surface area contributed by atoms with E-state index in [0.717, 1.165) is 12.1 Å². The van der Waals surface area contributed by atoms with Crippen molar-refractivity contribution >= 4 is 17.4 Å². The minimum Gasteiger partial charge on any atom is -0.423 e. The number of oxazole rings is 1. The summed E-state index contributed by atoms with van der Waals surface area (Å²) in [6.07, 6.45) is 0.163. The number of alkyl halides is 3. The van der Waals surface area contributed by atoms with E-state index < -0.39 is 11.7 Å². The van der Waals surface area contributed by atoms with Crippen LogP contribution in [-0.2, 0) is 6.18 Å². The Hall–Kier alpha value is -4.88. The third-order valence-electron chi connectivity index (χ3n) is 6.66. The Kier molecular flexibility index (Phi) is 5.74. The largest absolute Gasteiger partial charge is 0.423 e. The van der Waals surface area contributed by atoms with Crippen LogP contribution >= 0.6 is 0 Å². The van der Waals surface area contributed by atoms with Gasteiger partial charge in [-0.05, 0) is 31.2 Å². The van der Waals surface area contributed by atoms with Gasteiger partial charge in [-0.1, -0.05) is 12.1 Å². The zero-order valence-corrected chi connectivity index (χ0v) is 20.5. The average molecular weight is 538 g/mol. The van der Waals surface area contributed by atoms with Gasteiger partial charge >= 0.3 is 6.18 Å². The first kappa shape index (κ1) is 24.5. The minimum atomic E-state index is -4.41. The molecule has 1 saturated heterocycles. The summed E-state index contributed by atoms with van der Waals surface area (Å²) in [5.74, 6) is 0.337. The van der Waals surface area contributed by atoms with Crippen LogP contribution in [0.5, 0.6) is 0 Å². The predicted octanol–water partition coefficient (Wildman–Crippen LogP) is 3.15. The minimum absolute atomic E-state index is 0.192. The molecule has 1 aliphatic rings. The second-order valence-corrected chi connectivity index (χ2v) is 9.03. The summed E-state index contributed by atoms with van der Waals surface area (Å²) in [5.41, 5.74) is 0.742. The molecule has 4 aromatic heterocycles. The van der Waals surface area contributed by atoms with Crippen molar-refractivity contribution in [3.05, 3.63) is 82.2 Å². The van der Waals surface area contributed by atoms with Crippen LogP contribution in [0.4, 0.5) is 19.2 Å². The smallest absolute Gasteiger partial charge is 0.416 e. The maximum atomic E-state index is 13.3. The van der Waals surface area contributed by atoms with Crippen molar-refractivity contribution in [1.82, 2.24) is 34.3 Å². The van der Waals surface area contributed by atoms with E-state index in [1.807, 2.05) is 4.90 Å². The highest BCUT2D eigenvalue weighted by atomic mass is 19.4. The molecule has 0 spiro atoms. The van der Waals surface area contributed by atoms with Crippen molar-refractivity contribution in [3.8, 4) is 17.3 Å². The number of fused-ring (bicyclic) bond motifs is 1. The van der Waals surface area contributed by atoms with Crippen LogP contribution in [0.25, 0.3) is 22.8 Å². The number of nitrogens with one attached hydrogen (secondary N) is 1. The number of anilines is 1. The number of carbonyl (C=O) groups is 1. The van der Waals surface area contributed by atoms with E-state index in [9.17, 15) is 22.8 Å². The van der Waals surface area contributed by atoms with Crippen LogP contribution in [0, 0.1) is 6.92 Å². The van der Waals surface area contributed by atoms with Crippen molar-refractivity contribution in [2.24, 2.45) is 0 Å². The molecule has 5 heterocycles. The predicted molar refractivity (Wildman–Crippen MR) is 133 cm³/mol. The van der Waals surface area contributed by atoms with Gasteiger partial charge in [0.2, 0.25) is 5.95 Å². The first-order chi connectivity index (χ1) is 18.7. The Balaban J connectivity index is 1.13. The van der Waals surface area contributed by atoms with Gasteiger partial charge in [0.25, 0.3) is 17.5 Å². The molecule has 39 heavy (non-hydrogen) atoms. The number of carbonyl (C=O) groups excluding carboxylic acids is 1. The molecule has 0 bridgehead atoms. The molecule has 0 aliphatic carbocycles. The number of aromatic amines is 1. The van der Waals surface area contributed by atoms with E-state index in [2.05, 4.69) is 20.2 Å². The van der Waals surface area contributed by atoms with Gasteiger partial charge in [0.05, 0.1) is 29.2 Å². The Morgan fingerprint density at radius 1 is 1.05 bits per heavy atom. The van der Waals surface area contributed by atoms with Crippen molar-refractivity contribution in [1.29, 1.82) is 0 Å². The summed E-state index contributed by atoms with van der Waals surface area (Å²) >= 11 is 0. The summed E-state index contributed by atoms with van der Waals surface area (Å²) in [7, 11) is 0. The van der Waals surface area contributed by atoms with Crippen molar-refractivity contribution in [3.63, 3.8) is 0 Å². The van der Waals surface area contributed by atoms with Gasteiger partial charge in [0, 0.05) is 37.9 Å².